The fraction of sp³-hybridized carbons (Fsp3) is 0.457. The Morgan fingerprint density at radius 2 is 1.76 bits per heavy atom. The molecule has 3 unspecified atom stereocenters. The fourth-order valence-corrected chi connectivity index (χ4v) is 8.09. The van der Waals surface area contributed by atoms with E-state index in [4.69, 9.17) is 37.7 Å². The number of hydrogen-bond acceptors (Lipinski definition) is 8. The standard InChI is InChI=1S/C35H41Cl2N7O5/c1-5-28(45)39-25-15-22(21-8-6-7-9-21)10-11-24(25)40-34-38-17-23-19-43(32-30(36)26(48-3)16-27(49-4)31(32)37)35(47)44(33(23)41-34)18-20-12-13-42(2)29(46)14-20/h5,12-14,16-17,21-22,24-25H,1,6-11,15,18-19H2,2-4H3,(H,39,45)(H,38,40,41). The van der Waals surface area contributed by atoms with Gasteiger partial charge in [0.15, 0.2) is 0 Å². The van der Waals surface area contributed by atoms with Crippen molar-refractivity contribution in [2.24, 2.45) is 18.9 Å². The summed E-state index contributed by atoms with van der Waals surface area (Å²) in [6.45, 7) is 3.74. The molecule has 3 aliphatic rings. The molecule has 2 fully saturated rings. The zero-order valence-electron chi connectivity index (χ0n) is 27.9. The quantitative estimate of drug-likeness (QED) is 0.242. The lowest BCUT2D eigenvalue weighted by molar-refractivity contribution is -0.117. The first-order chi connectivity index (χ1) is 23.6. The number of nitrogens with one attached hydrogen (secondary N) is 2. The minimum Gasteiger partial charge on any atom is -0.495 e. The number of ether oxygens (including phenoxy) is 2. The summed E-state index contributed by atoms with van der Waals surface area (Å²) >= 11 is 13.5. The van der Waals surface area contributed by atoms with Crippen molar-refractivity contribution in [2.75, 3.05) is 29.3 Å². The normalized spacial score (nSPS) is 20.9. The molecule has 3 heterocycles. The molecule has 0 radical (unpaired) electrons. The molecule has 49 heavy (non-hydrogen) atoms. The molecule has 2 saturated carbocycles. The second-order valence-electron chi connectivity index (χ2n) is 12.9. The number of fused-ring (bicyclic) bond motifs is 1. The number of amides is 3. The van der Waals surface area contributed by atoms with E-state index in [1.54, 1.807) is 31.6 Å². The SMILES string of the molecule is C=CC(=O)NC1CC(C2CCCC2)CCC1Nc1ncc2c(n1)N(Cc1ccn(C)c(=O)c1)C(=O)N(c1c(Cl)c(OC)cc(OC)c1Cl)C2. The Labute approximate surface area is 295 Å². The van der Waals surface area contributed by atoms with E-state index in [1.807, 2.05) is 0 Å². The molecule has 2 aliphatic carbocycles. The zero-order valence-corrected chi connectivity index (χ0v) is 29.4. The molecule has 260 valence electrons. The van der Waals surface area contributed by atoms with Gasteiger partial charge in [-0.3, -0.25) is 19.4 Å². The monoisotopic (exact) mass is 709 g/mol. The van der Waals surface area contributed by atoms with Gasteiger partial charge in [0.2, 0.25) is 11.9 Å². The van der Waals surface area contributed by atoms with Gasteiger partial charge in [-0.1, -0.05) is 55.5 Å². The van der Waals surface area contributed by atoms with Crippen LogP contribution in [-0.2, 0) is 24.9 Å². The summed E-state index contributed by atoms with van der Waals surface area (Å²) in [6.07, 6.45) is 12.4. The van der Waals surface area contributed by atoms with E-state index >= 15 is 0 Å². The highest BCUT2D eigenvalue weighted by Gasteiger charge is 2.39. The molecule has 0 spiro atoms. The largest absolute Gasteiger partial charge is 0.495 e. The molecule has 3 atom stereocenters. The minimum atomic E-state index is -0.467. The number of carbonyl (C=O) groups is 2. The highest BCUT2D eigenvalue weighted by atomic mass is 35.5. The maximum atomic E-state index is 14.5. The van der Waals surface area contributed by atoms with Gasteiger partial charge in [-0.2, -0.15) is 4.98 Å². The number of pyridine rings is 1. The summed E-state index contributed by atoms with van der Waals surface area (Å²) in [5, 5.41) is 6.90. The first-order valence-corrected chi connectivity index (χ1v) is 17.3. The molecule has 3 aromatic rings. The maximum absolute atomic E-state index is 14.5. The Bertz CT molecular complexity index is 1780. The van der Waals surface area contributed by atoms with Crippen molar-refractivity contribution < 1.29 is 19.1 Å². The highest BCUT2D eigenvalue weighted by molar-refractivity contribution is 6.42. The summed E-state index contributed by atoms with van der Waals surface area (Å²) in [4.78, 5) is 51.9. The summed E-state index contributed by atoms with van der Waals surface area (Å²) in [5.74, 6) is 2.30. The summed E-state index contributed by atoms with van der Waals surface area (Å²) in [5.41, 5.74) is 1.24. The van der Waals surface area contributed by atoms with Crippen molar-refractivity contribution in [1.82, 2.24) is 19.9 Å². The molecular weight excluding hydrogens is 669 g/mol. The molecule has 12 nitrogen and oxygen atoms in total. The Morgan fingerprint density at radius 1 is 1.04 bits per heavy atom. The van der Waals surface area contributed by atoms with Gasteiger partial charge in [0.25, 0.3) is 5.56 Å². The molecule has 3 amide bonds. The van der Waals surface area contributed by atoms with Crippen LogP contribution in [0.25, 0.3) is 0 Å². The van der Waals surface area contributed by atoms with Crippen molar-refractivity contribution in [3.8, 4) is 11.5 Å². The molecule has 1 aromatic carbocycles. The molecule has 14 heteroatoms. The van der Waals surface area contributed by atoms with Crippen LogP contribution in [-0.4, -0.2) is 52.8 Å². The second-order valence-corrected chi connectivity index (χ2v) is 13.7. The number of aromatic nitrogens is 3. The predicted octanol–water partition coefficient (Wildman–Crippen LogP) is 6.09. The van der Waals surface area contributed by atoms with Gasteiger partial charge in [0.05, 0.1) is 33.0 Å². The summed E-state index contributed by atoms with van der Waals surface area (Å²) in [6, 6.07) is 4.09. The van der Waals surface area contributed by atoms with Crippen LogP contribution in [0.15, 0.2) is 48.0 Å². The number of nitrogens with zero attached hydrogens (tertiary/aromatic N) is 5. The number of methoxy groups -OCH3 is 2. The van der Waals surface area contributed by atoms with Gasteiger partial charge < -0.3 is 24.7 Å². The Morgan fingerprint density at radius 3 is 2.41 bits per heavy atom. The number of hydrogen-bond donors (Lipinski definition) is 2. The van der Waals surface area contributed by atoms with E-state index in [0.717, 1.165) is 19.3 Å². The van der Waals surface area contributed by atoms with Gasteiger partial charge in [-0.05, 0) is 48.8 Å². The first-order valence-electron chi connectivity index (χ1n) is 16.5. The van der Waals surface area contributed by atoms with E-state index in [2.05, 4.69) is 22.2 Å². The van der Waals surface area contributed by atoms with Gasteiger partial charge in [0, 0.05) is 49.2 Å². The molecular formula is C35H41Cl2N7O5. The number of urea groups is 1. The van der Waals surface area contributed by atoms with Gasteiger partial charge in [-0.15, -0.1) is 0 Å². The van der Waals surface area contributed by atoms with Crippen LogP contribution in [0.4, 0.5) is 22.2 Å². The van der Waals surface area contributed by atoms with E-state index < -0.39 is 6.03 Å². The number of benzene rings is 1. The third kappa shape index (κ3) is 7.07. The average molecular weight is 711 g/mol. The Kier molecular flexibility index (Phi) is 10.4. The Balaban J connectivity index is 1.35. The summed E-state index contributed by atoms with van der Waals surface area (Å²) in [7, 11) is 4.59. The molecule has 2 N–H and O–H groups in total. The van der Waals surface area contributed by atoms with E-state index in [1.165, 1.54) is 66.4 Å². The topological polar surface area (TPSA) is 131 Å². The third-order valence-electron chi connectivity index (χ3n) is 10.0. The van der Waals surface area contributed by atoms with Crippen molar-refractivity contribution in [3.05, 3.63) is 74.8 Å². The molecule has 2 aromatic heterocycles. The lowest BCUT2D eigenvalue weighted by Crippen LogP contribution is -2.51. The zero-order chi connectivity index (χ0) is 34.8. The second kappa shape index (κ2) is 14.7. The lowest BCUT2D eigenvalue weighted by atomic mass is 9.75. The van der Waals surface area contributed by atoms with Crippen LogP contribution in [0, 0.1) is 11.8 Å². The predicted molar refractivity (Wildman–Crippen MR) is 190 cm³/mol. The molecule has 0 bridgehead atoms. The van der Waals surface area contributed by atoms with Crippen LogP contribution in [0.3, 0.4) is 0 Å². The number of anilines is 3. The molecule has 1 aliphatic heterocycles. The lowest BCUT2D eigenvalue weighted by Gasteiger charge is -2.40. The Hall–Kier alpha value is -4.29. The highest BCUT2D eigenvalue weighted by Crippen LogP contribution is 2.48. The summed E-state index contributed by atoms with van der Waals surface area (Å²) < 4.78 is 12.4. The van der Waals surface area contributed by atoms with Crippen LogP contribution in [0.5, 0.6) is 11.5 Å². The molecule has 0 saturated heterocycles. The van der Waals surface area contributed by atoms with Crippen LogP contribution < -0.4 is 35.5 Å². The minimum absolute atomic E-state index is 0.0374. The third-order valence-corrected chi connectivity index (χ3v) is 10.7. The number of rotatable bonds is 10. The van der Waals surface area contributed by atoms with Crippen molar-refractivity contribution in [3.63, 3.8) is 0 Å². The maximum Gasteiger partial charge on any atom is 0.330 e. The van der Waals surface area contributed by atoms with E-state index in [-0.39, 0.29) is 63.9 Å². The van der Waals surface area contributed by atoms with E-state index in [0.29, 0.717) is 34.7 Å². The average Bonchev–Trinajstić information content (AvgIpc) is 3.64. The van der Waals surface area contributed by atoms with Crippen LogP contribution in [0.2, 0.25) is 10.0 Å². The van der Waals surface area contributed by atoms with Crippen LogP contribution >= 0.6 is 23.2 Å². The van der Waals surface area contributed by atoms with Crippen molar-refractivity contribution >= 4 is 52.6 Å². The van der Waals surface area contributed by atoms with Gasteiger partial charge in [-0.25, -0.2) is 9.78 Å². The fourth-order valence-electron chi connectivity index (χ4n) is 7.38. The van der Waals surface area contributed by atoms with Crippen molar-refractivity contribution in [1.29, 1.82) is 0 Å². The number of carbonyl (C=O) groups excluding carboxylic acids is 2. The number of halogens is 2. The van der Waals surface area contributed by atoms with Gasteiger partial charge >= 0.3 is 6.03 Å². The number of aryl methyl sites for hydroxylation is 1. The molecule has 6 rings (SSSR count). The first kappa shape index (κ1) is 34.6. The smallest absolute Gasteiger partial charge is 0.330 e. The van der Waals surface area contributed by atoms with Crippen molar-refractivity contribution in [2.45, 2.75) is 70.1 Å². The van der Waals surface area contributed by atoms with Crippen LogP contribution in [0.1, 0.15) is 56.1 Å². The van der Waals surface area contributed by atoms with E-state index in [9.17, 15) is 14.4 Å². The van der Waals surface area contributed by atoms with Gasteiger partial charge in [0.1, 0.15) is 27.4 Å².